The average Bonchev–Trinajstić information content (AvgIpc) is 2.54. The Bertz CT molecular complexity index is 811. The van der Waals surface area contributed by atoms with Crippen LogP contribution in [0.1, 0.15) is 22.8 Å². The molecule has 0 bridgehead atoms. The number of carbonyl (C=O) groups excluding carboxylic acids is 2. The molecule has 0 aliphatic heterocycles. The summed E-state index contributed by atoms with van der Waals surface area (Å²) in [5, 5.41) is 11.7. The number of carbonyl (C=O) groups is 2. The molecule has 7 heteroatoms. The molecule has 24 heavy (non-hydrogen) atoms. The number of anilines is 1. The summed E-state index contributed by atoms with van der Waals surface area (Å²) in [7, 11) is 0. The first kappa shape index (κ1) is 17.8. The third-order valence-corrected chi connectivity index (χ3v) is 3.71. The van der Waals surface area contributed by atoms with Crippen LogP contribution in [0.3, 0.4) is 0 Å². The van der Waals surface area contributed by atoms with Crippen molar-refractivity contribution in [2.75, 3.05) is 5.32 Å². The first-order valence-electron chi connectivity index (χ1n) is 6.88. The first-order chi connectivity index (χ1) is 11.4. The number of ether oxygens (including phenoxy) is 1. The van der Waals surface area contributed by atoms with Crippen molar-refractivity contribution in [3.05, 3.63) is 63.6 Å². The maximum atomic E-state index is 12.1. The third-order valence-electron chi connectivity index (χ3n) is 3.08. The van der Waals surface area contributed by atoms with Crippen molar-refractivity contribution in [1.82, 2.24) is 0 Å². The summed E-state index contributed by atoms with van der Waals surface area (Å²) >= 11 is 11.9. The van der Waals surface area contributed by atoms with Crippen molar-refractivity contribution in [3.8, 4) is 6.07 Å². The van der Waals surface area contributed by atoms with Crippen molar-refractivity contribution in [2.24, 2.45) is 0 Å². The molecule has 1 atom stereocenters. The molecule has 0 spiro atoms. The summed E-state index contributed by atoms with van der Waals surface area (Å²) in [4.78, 5) is 24.3. The molecule has 0 fully saturated rings. The molecule has 0 aromatic heterocycles. The van der Waals surface area contributed by atoms with Gasteiger partial charge in [-0.25, -0.2) is 4.79 Å². The highest BCUT2D eigenvalue weighted by molar-refractivity contribution is 6.39. The smallest absolute Gasteiger partial charge is 0.341 e. The highest BCUT2D eigenvalue weighted by Gasteiger charge is 2.22. The van der Waals surface area contributed by atoms with E-state index in [2.05, 4.69) is 5.32 Å². The Morgan fingerprint density at radius 2 is 1.79 bits per heavy atom. The minimum absolute atomic E-state index is 0.00645. The van der Waals surface area contributed by atoms with Crippen LogP contribution in [0.2, 0.25) is 10.0 Å². The number of rotatable bonds is 4. The van der Waals surface area contributed by atoms with Crippen molar-refractivity contribution >= 4 is 40.8 Å². The fourth-order valence-electron chi connectivity index (χ4n) is 1.88. The van der Waals surface area contributed by atoms with Crippen LogP contribution in [-0.4, -0.2) is 18.0 Å². The van der Waals surface area contributed by atoms with Gasteiger partial charge in [-0.3, -0.25) is 4.79 Å². The summed E-state index contributed by atoms with van der Waals surface area (Å²) in [5.74, 6) is -1.33. The molecule has 0 saturated carbocycles. The van der Waals surface area contributed by atoms with Crippen molar-refractivity contribution in [3.63, 3.8) is 0 Å². The molecule has 0 unspecified atom stereocenters. The predicted octanol–water partition coefficient (Wildman–Crippen LogP) is 4.05. The van der Waals surface area contributed by atoms with Gasteiger partial charge in [0.2, 0.25) is 0 Å². The van der Waals surface area contributed by atoms with Gasteiger partial charge in [0.05, 0.1) is 27.2 Å². The number of nitriles is 1. The van der Waals surface area contributed by atoms with E-state index < -0.39 is 18.0 Å². The van der Waals surface area contributed by atoms with Gasteiger partial charge in [-0.2, -0.15) is 5.26 Å². The Balaban J connectivity index is 2.06. The lowest BCUT2D eigenvalue weighted by Gasteiger charge is -2.14. The highest BCUT2D eigenvalue weighted by atomic mass is 35.5. The fourth-order valence-corrected chi connectivity index (χ4v) is 2.43. The van der Waals surface area contributed by atoms with E-state index in [9.17, 15) is 9.59 Å². The molecule has 0 aliphatic carbocycles. The second kappa shape index (κ2) is 7.82. The van der Waals surface area contributed by atoms with E-state index in [1.807, 2.05) is 6.07 Å². The van der Waals surface area contributed by atoms with Crippen LogP contribution in [-0.2, 0) is 9.53 Å². The number of nitrogens with one attached hydrogen (secondary N) is 1. The molecule has 122 valence electrons. The molecule has 2 aromatic rings. The summed E-state index contributed by atoms with van der Waals surface area (Å²) in [5.41, 5.74) is 0.838. The molecule has 0 aliphatic rings. The zero-order chi connectivity index (χ0) is 17.7. The van der Waals surface area contributed by atoms with E-state index in [-0.39, 0.29) is 15.6 Å². The maximum absolute atomic E-state index is 12.1. The van der Waals surface area contributed by atoms with Gasteiger partial charge < -0.3 is 10.1 Å². The van der Waals surface area contributed by atoms with Crippen LogP contribution >= 0.6 is 23.2 Å². The number of nitrogens with zero attached hydrogens (tertiary/aromatic N) is 1. The average molecular weight is 363 g/mol. The largest absolute Gasteiger partial charge is 0.449 e. The summed E-state index contributed by atoms with van der Waals surface area (Å²) in [6, 6.07) is 12.9. The maximum Gasteiger partial charge on any atom is 0.341 e. The third kappa shape index (κ3) is 4.25. The fraction of sp³-hybridized carbons (Fsp3) is 0.118. The molecule has 5 nitrogen and oxygen atoms in total. The second-order valence-electron chi connectivity index (χ2n) is 4.83. The van der Waals surface area contributed by atoms with Gasteiger partial charge in [0.15, 0.2) is 6.10 Å². The number of benzene rings is 2. The van der Waals surface area contributed by atoms with Crippen molar-refractivity contribution in [2.45, 2.75) is 13.0 Å². The van der Waals surface area contributed by atoms with Crippen LogP contribution in [0.5, 0.6) is 0 Å². The van der Waals surface area contributed by atoms with E-state index >= 15 is 0 Å². The molecular formula is C17H12Cl2N2O3. The zero-order valence-electron chi connectivity index (χ0n) is 12.5. The first-order valence-corrected chi connectivity index (χ1v) is 7.64. The standard InChI is InChI=1S/C17H12Cl2N2O3/c1-10(16(22)21-12-5-2-4-11(8-12)9-20)24-17(23)15-13(18)6-3-7-14(15)19/h2-8,10H,1H3,(H,21,22)/t10-/m0/s1. The van der Waals surface area contributed by atoms with Crippen LogP contribution in [0.25, 0.3) is 0 Å². The Kier molecular flexibility index (Phi) is 5.80. The number of hydrogen-bond acceptors (Lipinski definition) is 4. The van der Waals surface area contributed by atoms with Crippen LogP contribution < -0.4 is 5.32 Å². The van der Waals surface area contributed by atoms with E-state index in [1.54, 1.807) is 24.3 Å². The summed E-state index contributed by atoms with van der Waals surface area (Å²) in [6.45, 7) is 1.42. The number of halogens is 2. The van der Waals surface area contributed by atoms with E-state index in [1.165, 1.54) is 25.1 Å². The molecular weight excluding hydrogens is 351 g/mol. The minimum atomic E-state index is -1.07. The SMILES string of the molecule is C[C@H](OC(=O)c1c(Cl)cccc1Cl)C(=O)Nc1cccc(C#N)c1. The zero-order valence-corrected chi connectivity index (χ0v) is 14.1. The van der Waals surface area contributed by atoms with Crippen LogP contribution in [0, 0.1) is 11.3 Å². The van der Waals surface area contributed by atoms with Gasteiger partial charge in [-0.15, -0.1) is 0 Å². The summed E-state index contributed by atoms with van der Waals surface area (Å²) < 4.78 is 5.10. The van der Waals surface area contributed by atoms with Crippen LogP contribution in [0.4, 0.5) is 5.69 Å². The van der Waals surface area contributed by atoms with Crippen LogP contribution in [0.15, 0.2) is 42.5 Å². The monoisotopic (exact) mass is 362 g/mol. The quantitative estimate of drug-likeness (QED) is 0.832. The molecule has 1 amide bonds. The molecule has 1 N–H and O–H groups in total. The lowest BCUT2D eigenvalue weighted by Crippen LogP contribution is -2.30. The number of hydrogen-bond donors (Lipinski definition) is 1. The Labute approximate surface area is 148 Å². The highest BCUT2D eigenvalue weighted by Crippen LogP contribution is 2.25. The molecule has 0 heterocycles. The molecule has 0 radical (unpaired) electrons. The lowest BCUT2D eigenvalue weighted by atomic mass is 10.2. The van der Waals surface area contributed by atoms with Gasteiger partial charge in [0.1, 0.15) is 0 Å². The molecule has 0 saturated heterocycles. The van der Waals surface area contributed by atoms with Gasteiger partial charge in [0, 0.05) is 5.69 Å². The Hall–Kier alpha value is -2.55. The van der Waals surface area contributed by atoms with E-state index in [0.717, 1.165) is 0 Å². The second-order valence-corrected chi connectivity index (χ2v) is 5.64. The van der Waals surface area contributed by atoms with E-state index in [4.69, 9.17) is 33.2 Å². The Morgan fingerprint density at radius 3 is 2.42 bits per heavy atom. The normalized spacial score (nSPS) is 11.2. The van der Waals surface area contributed by atoms with Crippen molar-refractivity contribution in [1.29, 1.82) is 5.26 Å². The number of amides is 1. The van der Waals surface area contributed by atoms with Gasteiger partial charge >= 0.3 is 5.97 Å². The van der Waals surface area contributed by atoms with Gasteiger partial charge in [-0.1, -0.05) is 35.3 Å². The van der Waals surface area contributed by atoms with Gasteiger partial charge in [-0.05, 0) is 37.3 Å². The van der Waals surface area contributed by atoms with Crippen molar-refractivity contribution < 1.29 is 14.3 Å². The topological polar surface area (TPSA) is 79.2 Å². The lowest BCUT2D eigenvalue weighted by molar-refractivity contribution is -0.123. The predicted molar refractivity (Wildman–Crippen MR) is 91.1 cm³/mol. The van der Waals surface area contributed by atoms with Gasteiger partial charge in [0.25, 0.3) is 5.91 Å². The summed E-state index contributed by atoms with van der Waals surface area (Å²) in [6.07, 6.45) is -1.07. The Morgan fingerprint density at radius 1 is 1.17 bits per heavy atom. The van der Waals surface area contributed by atoms with E-state index in [0.29, 0.717) is 11.3 Å². The molecule has 2 aromatic carbocycles. The molecule has 2 rings (SSSR count). The number of esters is 1. The minimum Gasteiger partial charge on any atom is -0.449 e.